The van der Waals surface area contributed by atoms with Gasteiger partial charge in [0.25, 0.3) is 0 Å². The van der Waals surface area contributed by atoms with E-state index >= 15 is 0 Å². The van der Waals surface area contributed by atoms with E-state index in [9.17, 15) is 0 Å². The zero-order valence-corrected chi connectivity index (χ0v) is 10.3. The van der Waals surface area contributed by atoms with Crippen molar-refractivity contribution >= 4 is 10.9 Å². The van der Waals surface area contributed by atoms with Gasteiger partial charge in [0.05, 0.1) is 0 Å². The SMILES string of the molecule is CC(N)Cc1ccc2ccn(C(C)C)c2c1. The zero-order chi connectivity index (χ0) is 11.7. The second-order valence-corrected chi connectivity index (χ2v) is 4.89. The van der Waals surface area contributed by atoms with Gasteiger partial charge in [0.2, 0.25) is 0 Å². The van der Waals surface area contributed by atoms with Gasteiger partial charge in [-0.2, -0.15) is 0 Å². The molecular formula is C14H20N2. The van der Waals surface area contributed by atoms with Crippen LogP contribution >= 0.6 is 0 Å². The molecule has 2 rings (SSSR count). The van der Waals surface area contributed by atoms with Crippen molar-refractivity contribution < 1.29 is 0 Å². The van der Waals surface area contributed by atoms with E-state index in [1.807, 2.05) is 6.92 Å². The molecular weight excluding hydrogens is 196 g/mol. The number of hydrogen-bond donors (Lipinski definition) is 1. The van der Waals surface area contributed by atoms with E-state index in [4.69, 9.17) is 5.73 Å². The minimum absolute atomic E-state index is 0.222. The van der Waals surface area contributed by atoms with Crippen LogP contribution in [-0.2, 0) is 6.42 Å². The van der Waals surface area contributed by atoms with Crippen LogP contribution in [0.5, 0.6) is 0 Å². The normalized spacial score (nSPS) is 13.6. The molecule has 2 nitrogen and oxygen atoms in total. The van der Waals surface area contributed by atoms with E-state index in [-0.39, 0.29) is 6.04 Å². The van der Waals surface area contributed by atoms with Crippen LogP contribution < -0.4 is 5.73 Å². The lowest BCUT2D eigenvalue weighted by molar-refractivity contribution is 0.622. The number of nitrogens with two attached hydrogens (primary N) is 1. The largest absolute Gasteiger partial charge is 0.345 e. The van der Waals surface area contributed by atoms with Gasteiger partial charge >= 0.3 is 0 Å². The predicted octanol–water partition coefficient (Wildman–Crippen LogP) is 3.11. The number of aromatic nitrogens is 1. The fourth-order valence-electron chi connectivity index (χ4n) is 2.14. The Balaban J connectivity index is 2.46. The Hall–Kier alpha value is -1.28. The third-order valence-electron chi connectivity index (χ3n) is 2.90. The van der Waals surface area contributed by atoms with E-state index in [1.165, 1.54) is 16.5 Å². The molecule has 2 heteroatoms. The van der Waals surface area contributed by atoms with Gasteiger partial charge in [0.15, 0.2) is 0 Å². The first kappa shape index (κ1) is 11.2. The summed E-state index contributed by atoms with van der Waals surface area (Å²) < 4.78 is 2.31. The Bertz CT molecular complexity index is 480. The number of fused-ring (bicyclic) bond motifs is 1. The molecule has 0 aliphatic carbocycles. The highest BCUT2D eigenvalue weighted by atomic mass is 15.0. The minimum Gasteiger partial charge on any atom is -0.345 e. The molecule has 1 atom stereocenters. The molecule has 2 aromatic rings. The highest BCUT2D eigenvalue weighted by Gasteiger charge is 2.05. The third kappa shape index (κ3) is 2.12. The first-order valence-electron chi connectivity index (χ1n) is 5.93. The summed E-state index contributed by atoms with van der Waals surface area (Å²) in [5, 5.41) is 1.31. The van der Waals surface area contributed by atoms with E-state index in [0.29, 0.717) is 6.04 Å². The molecule has 0 radical (unpaired) electrons. The maximum absolute atomic E-state index is 5.83. The number of nitrogens with zero attached hydrogens (tertiary/aromatic N) is 1. The summed E-state index contributed by atoms with van der Waals surface area (Å²) in [5.41, 5.74) is 8.47. The first-order chi connectivity index (χ1) is 7.58. The summed E-state index contributed by atoms with van der Waals surface area (Å²) in [4.78, 5) is 0. The van der Waals surface area contributed by atoms with Gasteiger partial charge in [0, 0.05) is 23.8 Å². The lowest BCUT2D eigenvalue weighted by atomic mass is 10.1. The van der Waals surface area contributed by atoms with Gasteiger partial charge in [-0.05, 0) is 50.3 Å². The fraction of sp³-hybridized carbons (Fsp3) is 0.429. The maximum Gasteiger partial charge on any atom is 0.0485 e. The van der Waals surface area contributed by atoms with Crippen LogP contribution in [0.15, 0.2) is 30.5 Å². The van der Waals surface area contributed by atoms with Crippen molar-refractivity contribution in [2.24, 2.45) is 5.73 Å². The average Bonchev–Trinajstić information content (AvgIpc) is 2.59. The fourth-order valence-corrected chi connectivity index (χ4v) is 2.14. The molecule has 0 saturated heterocycles. The molecule has 0 fully saturated rings. The molecule has 1 aromatic carbocycles. The molecule has 0 aliphatic heterocycles. The lowest BCUT2D eigenvalue weighted by Gasteiger charge is -2.11. The Morgan fingerprint density at radius 1 is 1.19 bits per heavy atom. The molecule has 0 spiro atoms. The second-order valence-electron chi connectivity index (χ2n) is 4.89. The Kier molecular flexibility index (Phi) is 3.01. The minimum atomic E-state index is 0.222. The monoisotopic (exact) mass is 216 g/mol. The second kappa shape index (κ2) is 4.30. The summed E-state index contributed by atoms with van der Waals surface area (Å²) in [7, 11) is 0. The summed E-state index contributed by atoms with van der Waals surface area (Å²) in [6.45, 7) is 6.46. The summed E-state index contributed by atoms with van der Waals surface area (Å²) >= 11 is 0. The van der Waals surface area contributed by atoms with Crippen molar-refractivity contribution in [2.45, 2.75) is 39.3 Å². The van der Waals surface area contributed by atoms with Gasteiger partial charge in [-0.15, -0.1) is 0 Å². The molecule has 1 heterocycles. The van der Waals surface area contributed by atoms with E-state index in [1.54, 1.807) is 0 Å². The Labute approximate surface area is 97.1 Å². The predicted molar refractivity (Wildman–Crippen MR) is 69.7 cm³/mol. The standard InChI is InChI=1S/C14H20N2/c1-10(2)16-7-6-13-5-4-12(8-11(3)15)9-14(13)16/h4-7,9-11H,8,15H2,1-3H3. The molecule has 86 valence electrons. The van der Waals surface area contributed by atoms with Crippen molar-refractivity contribution in [3.63, 3.8) is 0 Å². The maximum atomic E-state index is 5.83. The van der Waals surface area contributed by atoms with E-state index < -0.39 is 0 Å². The van der Waals surface area contributed by atoms with Gasteiger partial charge in [-0.3, -0.25) is 0 Å². The molecule has 0 aliphatic rings. The highest BCUT2D eigenvalue weighted by molar-refractivity contribution is 5.81. The van der Waals surface area contributed by atoms with Gasteiger partial charge in [0.1, 0.15) is 0 Å². The van der Waals surface area contributed by atoms with E-state index in [2.05, 4.69) is 48.9 Å². The summed E-state index contributed by atoms with van der Waals surface area (Å²) in [6, 6.07) is 9.52. The third-order valence-corrected chi connectivity index (χ3v) is 2.90. The number of rotatable bonds is 3. The lowest BCUT2D eigenvalue weighted by Crippen LogP contribution is -2.17. The number of hydrogen-bond acceptors (Lipinski definition) is 1. The Morgan fingerprint density at radius 2 is 1.94 bits per heavy atom. The zero-order valence-electron chi connectivity index (χ0n) is 10.3. The first-order valence-corrected chi connectivity index (χ1v) is 5.93. The summed E-state index contributed by atoms with van der Waals surface area (Å²) in [6.07, 6.45) is 3.10. The molecule has 0 saturated carbocycles. The van der Waals surface area contributed by atoms with Crippen LogP contribution in [-0.4, -0.2) is 10.6 Å². The molecule has 0 amide bonds. The quantitative estimate of drug-likeness (QED) is 0.839. The molecule has 1 aromatic heterocycles. The van der Waals surface area contributed by atoms with Crippen molar-refractivity contribution in [1.29, 1.82) is 0 Å². The van der Waals surface area contributed by atoms with Crippen LogP contribution in [0.2, 0.25) is 0 Å². The van der Waals surface area contributed by atoms with Crippen molar-refractivity contribution in [2.75, 3.05) is 0 Å². The molecule has 2 N–H and O–H groups in total. The summed E-state index contributed by atoms with van der Waals surface area (Å²) in [5.74, 6) is 0. The number of benzene rings is 1. The van der Waals surface area contributed by atoms with Crippen LogP contribution in [0, 0.1) is 0 Å². The van der Waals surface area contributed by atoms with E-state index in [0.717, 1.165) is 6.42 Å². The smallest absolute Gasteiger partial charge is 0.0485 e. The molecule has 0 bridgehead atoms. The topological polar surface area (TPSA) is 30.9 Å². The molecule has 16 heavy (non-hydrogen) atoms. The van der Waals surface area contributed by atoms with Crippen LogP contribution in [0.4, 0.5) is 0 Å². The Morgan fingerprint density at radius 3 is 2.56 bits per heavy atom. The van der Waals surface area contributed by atoms with Gasteiger partial charge in [-0.25, -0.2) is 0 Å². The van der Waals surface area contributed by atoms with Crippen molar-refractivity contribution in [3.05, 3.63) is 36.0 Å². The van der Waals surface area contributed by atoms with Gasteiger partial charge in [-0.1, -0.05) is 12.1 Å². The van der Waals surface area contributed by atoms with Crippen LogP contribution in [0.3, 0.4) is 0 Å². The van der Waals surface area contributed by atoms with Crippen LogP contribution in [0.1, 0.15) is 32.4 Å². The van der Waals surface area contributed by atoms with Crippen molar-refractivity contribution in [3.8, 4) is 0 Å². The van der Waals surface area contributed by atoms with Crippen LogP contribution in [0.25, 0.3) is 10.9 Å². The average molecular weight is 216 g/mol. The highest BCUT2D eigenvalue weighted by Crippen LogP contribution is 2.21. The molecule has 1 unspecified atom stereocenters. The van der Waals surface area contributed by atoms with Gasteiger partial charge < -0.3 is 10.3 Å². The van der Waals surface area contributed by atoms with Crippen molar-refractivity contribution in [1.82, 2.24) is 4.57 Å².